The summed E-state index contributed by atoms with van der Waals surface area (Å²) >= 11 is 0. The Morgan fingerprint density at radius 2 is 0.878 bits per heavy atom. The molecular formula is C44H81NO4. The molecule has 3 atom stereocenters. The largest absolute Gasteiger partial charge is 0.394 e. The van der Waals surface area contributed by atoms with Crippen molar-refractivity contribution in [2.45, 2.75) is 218 Å². The number of aliphatic hydroxyl groups excluding tert-OH is 3. The van der Waals surface area contributed by atoms with Gasteiger partial charge in [-0.25, -0.2) is 0 Å². The molecule has 0 aliphatic rings. The third kappa shape index (κ3) is 35.9. The van der Waals surface area contributed by atoms with Crippen LogP contribution in [0.2, 0.25) is 0 Å². The molecule has 0 bridgehead atoms. The molecule has 0 aliphatic heterocycles. The highest BCUT2D eigenvalue weighted by molar-refractivity contribution is 5.76. The number of rotatable bonds is 37. The minimum atomic E-state index is -0.962. The minimum absolute atomic E-state index is 0.00427. The number of carbonyl (C=O) groups excluding carboxylic acids is 1. The van der Waals surface area contributed by atoms with Crippen LogP contribution in [0.3, 0.4) is 0 Å². The van der Waals surface area contributed by atoms with Gasteiger partial charge < -0.3 is 20.6 Å². The van der Waals surface area contributed by atoms with Gasteiger partial charge in [0.15, 0.2) is 0 Å². The van der Waals surface area contributed by atoms with E-state index in [1.54, 1.807) is 6.08 Å². The van der Waals surface area contributed by atoms with Crippen LogP contribution in [0.5, 0.6) is 0 Å². The van der Waals surface area contributed by atoms with Crippen molar-refractivity contribution >= 4 is 5.91 Å². The molecule has 0 rings (SSSR count). The van der Waals surface area contributed by atoms with E-state index in [1.165, 1.54) is 122 Å². The number of amides is 1. The molecule has 5 nitrogen and oxygen atoms in total. The van der Waals surface area contributed by atoms with Gasteiger partial charge in [0, 0.05) is 0 Å². The first kappa shape index (κ1) is 47.3. The Hall–Kier alpha value is -1.69. The Kier molecular flexibility index (Phi) is 37.8. The van der Waals surface area contributed by atoms with Crippen molar-refractivity contribution in [1.29, 1.82) is 0 Å². The van der Waals surface area contributed by atoms with Crippen LogP contribution in [0.25, 0.3) is 0 Å². The number of aliphatic hydroxyl groups is 3. The summed E-state index contributed by atoms with van der Waals surface area (Å²) in [6.45, 7) is 4.18. The molecular weight excluding hydrogens is 606 g/mol. The highest BCUT2D eigenvalue weighted by atomic mass is 16.3. The lowest BCUT2D eigenvalue weighted by molar-refractivity contribution is -0.124. The van der Waals surface area contributed by atoms with Crippen LogP contribution in [-0.4, -0.2) is 46.1 Å². The maximum absolute atomic E-state index is 12.4. The van der Waals surface area contributed by atoms with Gasteiger partial charge >= 0.3 is 0 Å². The maximum Gasteiger partial charge on any atom is 0.222 e. The topological polar surface area (TPSA) is 89.8 Å². The second kappa shape index (κ2) is 39.1. The lowest BCUT2D eigenvalue weighted by Crippen LogP contribution is -2.45. The molecule has 0 aliphatic carbocycles. The molecule has 286 valence electrons. The van der Waals surface area contributed by atoms with Crippen LogP contribution < -0.4 is 5.32 Å². The van der Waals surface area contributed by atoms with Gasteiger partial charge in [-0.3, -0.25) is 4.79 Å². The maximum atomic E-state index is 12.4. The molecule has 49 heavy (non-hydrogen) atoms. The summed E-state index contributed by atoms with van der Waals surface area (Å²) in [4.78, 5) is 12.4. The lowest BCUT2D eigenvalue weighted by Gasteiger charge is -2.20. The van der Waals surface area contributed by atoms with E-state index in [0.29, 0.717) is 6.42 Å². The van der Waals surface area contributed by atoms with Crippen molar-refractivity contribution < 1.29 is 20.1 Å². The second-order valence-corrected chi connectivity index (χ2v) is 14.2. The quantitative estimate of drug-likeness (QED) is 0.0386. The molecule has 0 saturated carbocycles. The average Bonchev–Trinajstić information content (AvgIpc) is 3.09. The normalized spacial score (nSPS) is 14.1. The minimum Gasteiger partial charge on any atom is -0.394 e. The van der Waals surface area contributed by atoms with E-state index in [1.807, 2.05) is 6.08 Å². The number of hydrogen-bond donors (Lipinski definition) is 4. The van der Waals surface area contributed by atoms with Gasteiger partial charge in [0.05, 0.1) is 31.3 Å². The van der Waals surface area contributed by atoms with Gasteiger partial charge in [-0.05, 0) is 70.6 Å². The Morgan fingerprint density at radius 3 is 1.31 bits per heavy atom. The van der Waals surface area contributed by atoms with Crippen molar-refractivity contribution in [2.24, 2.45) is 0 Å². The fourth-order valence-electron chi connectivity index (χ4n) is 6.07. The molecule has 0 saturated heterocycles. The molecule has 0 radical (unpaired) electrons. The summed E-state index contributed by atoms with van der Waals surface area (Å²) in [7, 11) is 0. The van der Waals surface area contributed by atoms with E-state index < -0.39 is 18.2 Å². The van der Waals surface area contributed by atoms with Crippen molar-refractivity contribution in [3.8, 4) is 0 Å². The summed E-state index contributed by atoms with van der Waals surface area (Å²) in [6.07, 6.45) is 49.6. The Morgan fingerprint density at radius 1 is 0.510 bits per heavy atom. The number of unbranched alkanes of at least 4 members (excludes halogenated alkanes) is 22. The smallest absolute Gasteiger partial charge is 0.222 e. The molecule has 0 fully saturated rings. The standard InChI is InChI=1S/C44H81NO4/c1-3-5-7-9-11-13-15-17-19-21-23-25-27-29-31-33-35-37-41(47)39-44(49)45-42(40-46)43(48)38-36-34-32-30-28-26-24-22-20-18-16-14-12-10-8-6-4-2/h20-23,28,30,36,38,41-43,46-48H,3-19,24-27,29,31-35,37,39-40H2,1-2H3,(H,45,49)/b22-20+,23-21-,30-28+,38-36+. The van der Waals surface area contributed by atoms with E-state index in [4.69, 9.17) is 0 Å². The first-order valence-corrected chi connectivity index (χ1v) is 20.9. The highest BCUT2D eigenvalue weighted by Crippen LogP contribution is 2.13. The number of carbonyl (C=O) groups is 1. The zero-order valence-corrected chi connectivity index (χ0v) is 32.3. The van der Waals surface area contributed by atoms with Crippen molar-refractivity contribution in [1.82, 2.24) is 5.32 Å². The predicted molar refractivity (Wildman–Crippen MR) is 213 cm³/mol. The van der Waals surface area contributed by atoms with E-state index in [0.717, 1.165) is 51.4 Å². The second-order valence-electron chi connectivity index (χ2n) is 14.2. The molecule has 5 heteroatoms. The molecule has 3 unspecified atom stereocenters. The van der Waals surface area contributed by atoms with Crippen molar-refractivity contribution in [2.75, 3.05) is 6.61 Å². The van der Waals surface area contributed by atoms with Crippen molar-refractivity contribution in [3.05, 3.63) is 48.6 Å². The molecule has 4 N–H and O–H groups in total. The molecule has 1 amide bonds. The average molecular weight is 688 g/mol. The summed E-state index contributed by atoms with van der Waals surface area (Å²) in [6, 6.07) is -0.770. The first-order chi connectivity index (χ1) is 24.0. The van der Waals surface area contributed by atoms with Crippen LogP contribution in [0, 0.1) is 0 Å². The fourth-order valence-corrected chi connectivity index (χ4v) is 6.07. The fraction of sp³-hybridized carbons (Fsp3) is 0.795. The van der Waals surface area contributed by atoms with Gasteiger partial charge in [-0.15, -0.1) is 0 Å². The summed E-state index contributed by atoms with van der Waals surface area (Å²) in [5.41, 5.74) is 0. The van der Waals surface area contributed by atoms with E-state index in [9.17, 15) is 20.1 Å². The van der Waals surface area contributed by atoms with Crippen LogP contribution >= 0.6 is 0 Å². The Balaban J connectivity index is 3.78. The highest BCUT2D eigenvalue weighted by Gasteiger charge is 2.20. The molecule has 0 aromatic carbocycles. The van der Waals surface area contributed by atoms with Crippen molar-refractivity contribution in [3.63, 3.8) is 0 Å². The zero-order valence-electron chi connectivity index (χ0n) is 32.3. The van der Waals surface area contributed by atoms with Gasteiger partial charge in [0.25, 0.3) is 0 Å². The summed E-state index contributed by atoms with van der Waals surface area (Å²) in [5.74, 6) is -0.336. The third-order valence-electron chi connectivity index (χ3n) is 9.32. The molecule has 0 aromatic heterocycles. The number of hydrogen-bond acceptors (Lipinski definition) is 4. The van der Waals surface area contributed by atoms with Crippen LogP contribution in [-0.2, 0) is 4.79 Å². The summed E-state index contributed by atoms with van der Waals surface area (Å²) < 4.78 is 0. The molecule has 0 heterocycles. The third-order valence-corrected chi connectivity index (χ3v) is 9.32. The van der Waals surface area contributed by atoms with Gasteiger partial charge in [-0.1, -0.05) is 172 Å². The SMILES string of the molecule is CCCCCCCCC/C=C/CC/C=C/CC/C=C/C(O)C(CO)NC(=O)CC(O)CCCCCCC/C=C\CCCCCCCCCC. The van der Waals surface area contributed by atoms with E-state index in [2.05, 4.69) is 55.6 Å². The van der Waals surface area contributed by atoms with Crippen LogP contribution in [0.4, 0.5) is 0 Å². The monoisotopic (exact) mass is 688 g/mol. The Bertz CT molecular complexity index is 805. The van der Waals surface area contributed by atoms with Gasteiger partial charge in [-0.2, -0.15) is 0 Å². The molecule has 0 aromatic rings. The summed E-state index contributed by atoms with van der Waals surface area (Å²) in [5, 5.41) is 33.1. The van der Waals surface area contributed by atoms with Crippen LogP contribution in [0.1, 0.15) is 200 Å². The van der Waals surface area contributed by atoms with E-state index >= 15 is 0 Å². The zero-order chi connectivity index (χ0) is 35.9. The number of nitrogens with one attached hydrogen (secondary N) is 1. The van der Waals surface area contributed by atoms with Crippen LogP contribution in [0.15, 0.2) is 48.6 Å². The molecule has 0 spiro atoms. The van der Waals surface area contributed by atoms with Gasteiger partial charge in [0.2, 0.25) is 5.91 Å². The van der Waals surface area contributed by atoms with E-state index in [-0.39, 0.29) is 18.9 Å². The predicted octanol–water partition coefficient (Wildman–Crippen LogP) is 11.8. The van der Waals surface area contributed by atoms with Gasteiger partial charge in [0.1, 0.15) is 0 Å². The lowest BCUT2D eigenvalue weighted by atomic mass is 10.0. The Labute approximate surface area is 304 Å². The first-order valence-electron chi connectivity index (χ1n) is 20.9. The number of allylic oxidation sites excluding steroid dienone is 7.